The van der Waals surface area contributed by atoms with E-state index in [0.717, 1.165) is 18.0 Å². The van der Waals surface area contributed by atoms with E-state index in [1.165, 1.54) is 6.07 Å². The molecule has 0 radical (unpaired) electrons. The Kier molecular flexibility index (Phi) is 3.62. The van der Waals surface area contributed by atoms with Crippen molar-refractivity contribution >= 4 is 11.7 Å². The summed E-state index contributed by atoms with van der Waals surface area (Å²) in [6.07, 6.45) is 3.20. The van der Waals surface area contributed by atoms with Crippen molar-refractivity contribution < 1.29 is 14.3 Å². The van der Waals surface area contributed by atoms with E-state index in [0.29, 0.717) is 6.54 Å². The van der Waals surface area contributed by atoms with Crippen LogP contribution in [0.5, 0.6) is 0 Å². The van der Waals surface area contributed by atoms with Crippen LogP contribution in [0.25, 0.3) is 0 Å². The number of nitrogens with zero attached hydrogens (tertiary/aromatic N) is 2. The largest absolute Gasteiger partial charge is 0.477 e. The lowest BCUT2D eigenvalue weighted by Gasteiger charge is -2.21. The highest BCUT2D eigenvalue weighted by Crippen LogP contribution is 2.16. The van der Waals surface area contributed by atoms with E-state index < -0.39 is 5.97 Å². The van der Waals surface area contributed by atoms with Gasteiger partial charge in [-0.3, -0.25) is 0 Å². The van der Waals surface area contributed by atoms with Crippen LogP contribution >= 0.6 is 0 Å². The van der Waals surface area contributed by atoms with Crippen molar-refractivity contribution in [1.29, 1.82) is 0 Å². The molecule has 0 atom stereocenters. The monoisotopic (exact) mass is 246 g/mol. The number of pyridine rings is 1. The van der Waals surface area contributed by atoms with Gasteiger partial charge in [0.1, 0.15) is 11.5 Å². The second-order valence-corrected chi connectivity index (χ2v) is 3.80. The minimum Gasteiger partial charge on any atom is -0.477 e. The summed E-state index contributed by atoms with van der Waals surface area (Å²) >= 11 is 0. The van der Waals surface area contributed by atoms with Crippen LogP contribution in [0.1, 0.15) is 23.2 Å². The number of aromatic carboxylic acids is 1. The third kappa shape index (κ3) is 2.68. The maximum atomic E-state index is 10.7. The first-order valence-electron chi connectivity index (χ1n) is 5.67. The van der Waals surface area contributed by atoms with Crippen molar-refractivity contribution in [2.24, 2.45) is 0 Å². The third-order valence-corrected chi connectivity index (χ3v) is 2.64. The van der Waals surface area contributed by atoms with Gasteiger partial charge in [-0.1, -0.05) is 0 Å². The number of rotatable bonds is 5. The van der Waals surface area contributed by atoms with Gasteiger partial charge in [-0.05, 0) is 31.2 Å². The first-order valence-corrected chi connectivity index (χ1v) is 5.67. The van der Waals surface area contributed by atoms with Gasteiger partial charge in [-0.25, -0.2) is 9.78 Å². The molecule has 2 aromatic rings. The van der Waals surface area contributed by atoms with Crippen molar-refractivity contribution in [3.05, 3.63) is 48.2 Å². The average Bonchev–Trinajstić information content (AvgIpc) is 2.89. The normalized spacial score (nSPS) is 10.3. The highest BCUT2D eigenvalue weighted by atomic mass is 16.4. The summed E-state index contributed by atoms with van der Waals surface area (Å²) in [5.41, 5.74) is 0.923. The maximum Gasteiger partial charge on any atom is 0.354 e. The van der Waals surface area contributed by atoms with Crippen LogP contribution in [-0.4, -0.2) is 22.6 Å². The first-order chi connectivity index (χ1) is 8.70. The Morgan fingerprint density at radius 1 is 1.44 bits per heavy atom. The topological polar surface area (TPSA) is 66.6 Å². The molecule has 0 saturated carbocycles. The molecule has 1 N–H and O–H groups in total. The third-order valence-electron chi connectivity index (χ3n) is 2.64. The molecule has 0 bridgehead atoms. The molecule has 18 heavy (non-hydrogen) atoms. The summed E-state index contributed by atoms with van der Waals surface area (Å²) in [5, 5.41) is 8.79. The van der Waals surface area contributed by atoms with Gasteiger partial charge in [0.25, 0.3) is 0 Å². The quantitative estimate of drug-likeness (QED) is 0.877. The van der Waals surface area contributed by atoms with Crippen LogP contribution in [0.15, 0.2) is 41.1 Å². The van der Waals surface area contributed by atoms with Crippen LogP contribution in [0.2, 0.25) is 0 Å². The number of furan rings is 1. The predicted molar refractivity (Wildman–Crippen MR) is 66.6 cm³/mol. The SMILES string of the molecule is CCN(Cc1ccco1)c1ccc(C(=O)O)nc1. The predicted octanol–water partition coefficient (Wildman–Crippen LogP) is 2.40. The summed E-state index contributed by atoms with van der Waals surface area (Å²) in [6.45, 7) is 3.44. The number of carbonyl (C=O) groups is 1. The van der Waals surface area contributed by atoms with Crippen LogP contribution in [0, 0.1) is 0 Å². The molecular formula is C13H14N2O3. The van der Waals surface area contributed by atoms with Gasteiger partial charge in [0, 0.05) is 6.54 Å². The highest BCUT2D eigenvalue weighted by Gasteiger charge is 2.09. The van der Waals surface area contributed by atoms with Gasteiger partial charge >= 0.3 is 5.97 Å². The summed E-state index contributed by atoms with van der Waals surface area (Å²) in [4.78, 5) is 16.7. The lowest BCUT2D eigenvalue weighted by atomic mass is 10.3. The minimum absolute atomic E-state index is 0.0489. The second-order valence-electron chi connectivity index (χ2n) is 3.80. The Hall–Kier alpha value is -2.30. The van der Waals surface area contributed by atoms with E-state index in [2.05, 4.69) is 9.88 Å². The van der Waals surface area contributed by atoms with Crippen molar-refractivity contribution in [3.8, 4) is 0 Å². The van der Waals surface area contributed by atoms with Crippen molar-refractivity contribution in [2.75, 3.05) is 11.4 Å². The lowest BCUT2D eigenvalue weighted by Crippen LogP contribution is -2.22. The van der Waals surface area contributed by atoms with Crippen molar-refractivity contribution in [3.63, 3.8) is 0 Å². The Labute approximate surface area is 105 Å². The molecule has 0 spiro atoms. The summed E-state index contributed by atoms with van der Waals surface area (Å²) in [6, 6.07) is 7.00. The molecule has 0 aromatic carbocycles. The standard InChI is InChI=1S/C13H14N2O3/c1-2-15(9-11-4-3-7-18-11)10-5-6-12(13(16)17)14-8-10/h3-8H,2,9H2,1H3,(H,16,17). The number of carboxylic acids is 1. The van der Waals surface area contributed by atoms with Gasteiger partial charge < -0.3 is 14.4 Å². The Morgan fingerprint density at radius 3 is 2.78 bits per heavy atom. The van der Waals surface area contributed by atoms with E-state index in [1.54, 1.807) is 18.5 Å². The van der Waals surface area contributed by atoms with Gasteiger partial charge in [0.15, 0.2) is 0 Å². The molecule has 2 aromatic heterocycles. The van der Waals surface area contributed by atoms with Gasteiger partial charge in [-0.15, -0.1) is 0 Å². The van der Waals surface area contributed by atoms with Gasteiger partial charge in [-0.2, -0.15) is 0 Å². The number of hydrogen-bond donors (Lipinski definition) is 1. The summed E-state index contributed by atoms with van der Waals surface area (Å²) < 4.78 is 5.29. The molecule has 0 unspecified atom stereocenters. The second kappa shape index (κ2) is 5.35. The molecule has 5 nitrogen and oxygen atoms in total. The number of carboxylic acid groups (broad SMARTS) is 1. The Bertz CT molecular complexity index is 506. The van der Waals surface area contributed by atoms with Crippen LogP contribution < -0.4 is 4.90 Å². The van der Waals surface area contributed by atoms with E-state index >= 15 is 0 Å². The fraction of sp³-hybridized carbons (Fsp3) is 0.231. The first kappa shape index (κ1) is 12.2. The molecule has 0 aliphatic rings. The van der Waals surface area contributed by atoms with E-state index in [9.17, 15) is 4.79 Å². The van der Waals surface area contributed by atoms with E-state index in [4.69, 9.17) is 9.52 Å². The number of hydrogen-bond acceptors (Lipinski definition) is 4. The summed E-state index contributed by atoms with van der Waals surface area (Å²) in [5.74, 6) is -0.158. The molecule has 0 aliphatic carbocycles. The smallest absolute Gasteiger partial charge is 0.354 e. The van der Waals surface area contributed by atoms with Crippen LogP contribution in [-0.2, 0) is 6.54 Å². The fourth-order valence-electron chi connectivity index (χ4n) is 1.68. The molecule has 94 valence electrons. The Morgan fingerprint density at radius 2 is 2.28 bits per heavy atom. The van der Waals surface area contributed by atoms with Crippen molar-refractivity contribution in [1.82, 2.24) is 4.98 Å². The van der Waals surface area contributed by atoms with E-state index in [1.807, 2.05) is 19.1 Å². The molecule has 0 saturated heterocycles. The molecule has 0 aliphatic heterocycles. The molecule has 5 heteroatoms. The summed E-state index contributed by atoms with van der Waals surface area (Å²) in [7, 11) is 0. The fourth-order valence-corrected chi connectivity index (χ4v) is 1.68. The molecule has 0 fully saturated rings. The lowest BCUT2D eigenvalue weighted by molar-refractivity contribution is 0.0690. The molecule has 0 amide bonds. The number of anilines is 1. The van der Waals surface area contributed by atoms with Gasteiger partial charge in [0.05, 0.1) is 24.7 Å². The zero-order valence-electron chi connectivity index (χ0n) is 10.0. The molecule has 2 heterocycles. The minimum atomic E-state index is -1.02. The molecular weight excluding hydrogens is 232 g/mol. The number of aromatic nitrogens is 1. The zero-order chi connectivity index (χ0) is 13.0. The zero-order valence-corrected chi connectivity index (χ0v) is 10.0. The average molecular weight is 246 g/mol. The molecule has 2 rings (SSSR count). The van der Waals surface area contributed by atoms with Crippen LogP contribution in [0.4, 0.5) is 5.69 Å². The van der Waals surface area contributed by atoms with Crippen LogP contribution in [0.3, 0.4) is 0 Å². The Balaban J connectivity index is 2.14. The maximum absolute atomic E-state index is 10.7. The van der Waals surface area contributed by atoms with Crippen molar-refractivity contribution in [2.45, 2.75) is 13.5 Å². The van der Waals surface area contributed by atoms with Gasteiger partial charge in [0.2, 0.25) is 0 Å². The highest BCUT2D eigenvalue weighted by molar-refractivity contribution is 5.85. The van der Waals surface area contributed by atoms with E-state index in [-0.39, 0.29) is 5.69 Å².